The number of rotatable bonds is 3. The lowest BCUT2D eigenvalue weighted by Gasteiger charge is -2.03. The number of nitrogens with zero attached hydrogens (tertiary/aromatic N) is 1. The molecule has 0 radical (unpaired) electrons. The molecule has 1 aromatic carbocycles. The molecule has 0 heterocycles. The average molecular weight is 231 g/mol. The van der Waals surface area contributed by atoms with Gasteiger partial charge in [-0.1, -0.05) is 11.6 Å². The lowest BCUT2D eigenvalue weighted by molar-refractivity contribution is -0.385. The van der Waals surface area contributed by atoms with Gasteiger partial charge in [0.05, 0.1) is 12.0 Å². The van der Waals surface area contributed by atoms with Crippen LogP contribution in [0.5, 0.6) is 0 Å². The molecule has 0 unspecified atom stereocenters. The summed E-state index contributed by atoms with van der Waals surface area (Å²) in [5.74, 6) is -0.716. The summed E-state index contributed by atoms with van der Waals surface area (Å²) < 4.78 is 0. The van der Waals surface area contributed by atoms with E-state index in [1.54, 1.807) is 0 Å². The van der Waals surface area contributed by atoms with Gasteiger partial charge in [-0.2, -0.15) is 0 Å². The maximum Gasteiger partial charge on any atom is 0.282 e. The number of nitro groups is 1. The Morgan fingerprint density at radius 3 is 2.80 bits per heavy atom. The van der Waals surface area contributed by atoms with Crippen molar-refractivity contribution in [3.8, 4) is 0 Å². The normalized spacial score (nSPS) is 9.73. The van der Waals surface area contributed by atoms with Gasteiger partial charge in [-0.3, -0.25) is 19.7 Å². The summed E-state index contributed by atoms with van der Waals surface area (Å²) in [5, 5.41) is 10.8. The fourth-order valence-corrected chi connectivity index (χ4v) is 1.17. The lowest BCUT2D eigenvalue weighted by Crippen LogP contribution is -2.22. The molecular weight excluding hydrogens is 224 g/mol. The van der Waals surface area contributed by atoms with E-state index in [1.165, 1.54) is 19.2 Å². The summed E-state index contributed by atoms with van der Waals surface area (Å²) in [6.07, 6.45) is 0. The topological polar surface area (TPSA) is 81.5 Å². The van der Waals surface area contributed by atoms with E-state index in [9.17, 15) is 14.9 Å². The molecule has 0 bridgehead atoms. The molecule has 0 aliphatic rings. The van der Waals surface area contributed by atoms with E-state index in [0.717, 1.165) is 6.07 Å². The molecule has 6 nitrogen and oxygen atoms in total. The van der Waals surface area contributed by atoms with Crippen LogP contribution < -0.4 is 5.48 Å². The molecule has 1 aromatic rings. The number of hydroxylamine groups is 1. The molecule has 0 aliphatic carbocycles. The lowest BCUT2D eigenvalue weighted by atomic mass is 10.2. The van der Waals surface area contributed by atoms with Crippen LogP contribution in [0.15, 0.2) is 18.2 Å². The summed E-state index contributed by atoms with van der Waals surface area (Å²) in [5.41, 5.74) is 1.51. The van der Waals surface area contributed by atoms with Crippen molar-refractivity contribution >= 4 is 23.2 Å². The van der Waals surface area contributed by atoms with Gasteiger partial charge in [-0.15, -0.1) is 0 Å². The van der Waals surface area contributed by atoms with Crippen LogP contribution in [0.2, 0.25) is 5.02 Å². The zero-order valence-corrected chi connectivity index (χ0v) is 8.45. The summed E-state index contributed by atoms with van der Waals surface area (Å²) >= 11 is 5.62. The number of carbonyl (C=O) groups excluding carboxylic acids is 1. The zero-order valence-electron chi connectivity index (χ0n) is 7.69. The highest BCUT2D eigenvalue weighted by molar-refractivity contribution is 6.31. The first-order valence-electron chi connectivity index (χ1n) is 3.83. The SMILES string of the molecule is CONC(=O)c1cc(Cl)ccc1[N+](=O)[O-]. The number of nitro benzene ring substituents is 1. The van der Waals surface area contributed by atoms with Crippen LogP contribution in [0.1, 0.15) is 10.4 Å². The molecule has 0 saturated carbocycles. The van der Waals surface area contributed by atoms with E-state index in [2.05, 4.69) is 4.84 Å². The summed E-state index contributed by atoms with van der Waals surface area (Å²) in [7, 11) is 1.23. The van der Waals surface area contributed by atoms with Gasteiger partial charge < -0.3 is 0 Å². The van der Waals surface area contributed by atoms with Crippen molar-refractivity contribution in [2.45, 2.75) is 0 Å². The van der Waals surface area contributed by atoms with Crippen LogP contribution in [0.4, 0.5) is 5.69 Å². The molecule has 0 aliphatic heterocycles. The second kappa shape index (κ2) is 4.72. The smallest absolute Gasteiger partial charge is 0.277 e. The first-order chi connectivity index (χ1) is 7.06. The predicted octanol–water partition coefficient (Wildman–Crippen LogP) is 1.54. The number of amides is 1. The maximum absolute atomic E-state index is 11.3. The molecular formula is C8H7ClN2O4. The third-order valence-electron chi connectivity index (χ3n) is 1.59. The van der Waals surface area contributed by atoms with Gasteiger partial charge in [0.25, 0.3) is 11.6 Å². The van der Waals surface area contributed by atoms with Crippen LogP contribution in [0, 0.1) is 10.1 Å². The van der Waals surface area contributed by atoms with Crippen molar-refractivity contribution < 1.29 is 14.6 Å². The van der Waals surface area contributed by atoms with E-state index in [-0.39, 0.29) is 16.3 Å². The fourth-order valence-electron chi connectivity index (χ4n) is 0.997. The molecule has 80 valence electrons. The maximum atomic E-state index is 11.3. The molecule has 0 atom stereocenters. The first-order valence-corrected chi connectivity index (χ1v) is 4.21. The molecule has 7 heteroatoms. The Bertz CT molecular complexity index is 408. The fraction of sp³-hybridized carbons (Fsp3) is 0.125. The summed E-state index contributed by atoms with van der Waals surface area (Å²) in [6.45, 7) is 0. The van der Waals surface area contributed by atoms with Crippen LogP contribution in [0.3, 0.4) is 0 Å². The van der Waals surface area contributed by atoms with Crippen molar-refractivity contribution in [1.82, 2.24) is 5.48 Å². The number of nitrogens with one attached hydrogen (secondary N) is 1. The number of carbonyl (C=O) groups is 1. The molecule has 1 rings (SSSR count). The van der Waals surface area contributed by atoms with Crippen LogP contribution in [0.25, 0.3) is 0 Å². The molecule has 0 spiro atoms. The number of benzene rings is 1. The predicted molar refractivity (Wildman–Crippen MR) is 52.6 cm³/mol. The molecule has 0 fully saturated rings. The van der Waals surface area contributed by atoms with E-state index in [4.69, 9.17) is 11.6 Å². The van der Waals surface area contributed by atoms with Crippen LogP contribution in [-0.4, -0.2) is 17.9 Å². The highest BCUT2D eigenvalue weighted by Crippen LogP contribution is 2.22. The van der Waals surface area contributed by atoms with E-state index < -0.39 is 10.8 Å². The van der Waals surface area contributed by atoms with Crippen molar-refractivity contribution in [2.24, 2.45) is 0 Å². The van der Waals surface area contributed by atoms with Gasteiger partial charge in [-0.25, -0.2) is 5.48 Å². The summed E-state index contributed by atoms with van der Waals surface area (Å²) in [4.78, 5) is 25.6. The minimum absolute atomic E-state index is 0.144. The molecule has 15 heavy (non-hydrogen) atoms. The first kappa shape index (κ1) is 11.4. The van der Waals surface area contributed by atoms with Gasteiger partial charge in [0.15, 0.2) is 0 Å². The Morgan fingerprint density at radius 2 is 2.27 bits per heavy atom. The Balaban J connectivity index is 3.18. The standard InChI is InChI=1S/C8H7ClN2O4/c1-15-10-8(12)6-4-5(9)2-3-7(6)11(13)14/h2-4H,1H3,(H,10,12). The van der Waals surface area contributed by atoms with Crippen LogP contribution >= 0.6 is 11.6 Å². The second-order valence-corrected chi connectivity index (χ2v) is 2.99. The Hall–Kier alpha value is -1.66. The molecule has 1 amide bonds. The molecule has 0 saturated heterocycles. The highest BCUT2D eigenvalue weighted by atomic mass is 35.5. The van der Waals surface area contributed by atoms with Crippen molar-refractivity contribution in [2.75, 3.05) is 7.11 Å². The third kappa shape index (κ3) is 2.64. The molecule has 1 N–H and O–H groups in total. The summed E-state index contributed by atoms with van der Waals surface area (Å²) in [6, 6.07) is 3.70. The second-order valence-electron chi connectivity index (χ2n) is 2.55. The Morgan fingerprint density at radius 1 is 1.60 bits per heavy atom. The van der Waals surface area contributed by atoms with Crippen molar-refractivity contribution in [1.29, 1.82) is 0 Å². The van der Waals surface area contributed by atoms with E-state index >= 15 is 0 Å². The minimum atomic E-state index is -0.716. The third-order valence-corrected chi connectivity index (χ3v) is 1.83. The average Bonchev–Trinajstić information content (AvgIpc) is 2.17. The highest BCUT2D eigenvalue weighted by Gasteiger charge is 2.20. The zero-order chi connectivity index (χ0) is 11.4. The minimum Gasteiger partial charge on any atom is -0.277 e. The Kier molecular flexibility index (Phi) is 3.59. The Labute approximate surface area is 89.9 Å². The van der Waals surface area contributed by atoms with Crippen molar-refractivity contribution in [3.05, 3.63) is 38.9 Å². The van der Waals surface area contributed by atoms with Gasteiger partial charge in [0.1, 0.15) is 5.56 Å². The van der Waals surface area contributed by atoms with E-state index in [0.29, 0.717) is 0 Å². The largest absolute Gasteiger partial charge is 0.282 e. The van der Waals surface area contributed by atoms with Crippen molar-refractivity contribution in [3.63, 3.8) is 0 Å². The number of hydrogen-bond acceptors (Lipinski definition) is 4. The van der Waals surface area contributed by atoms with Crippen LogP contribution in [-0.2, 0) is 4.84 Å². The monoisotopic (exact) mass is 230 g/mol. The molecule has 0 aromatic heterocycles. The van der Waals surface area contributed by atoms with Gasteiger partial charge in [0.2, 0.25) is 0 Å². The van der Waals surface area contributed by atoms with Gasteiger partial charge in [-0.05, 0) is 12.1 Å². The van der Waals surface area contributed by atoms with Gasteiger partial charge in [0, 0.05) is 11.1 Å². The number of hydrogen-bond donors (Lipinski definition) is 1. The van der Waals surface area contributed by atoms with E-state index in [1.807, 2.05) is 5.48 Å². The number of halogens is 1. The quantitative estimate of drug-likeness (QED) is 0.631. The van der Waals surface area contributed by atoms with Gasteiger partial charge >= 0.3 is 0 Å².